The molecule has 5 nitrogen and oxygen atoms in total. The Balaban J connectivity index is 1.87. The molecule has 0 radical (unpaired) electrons. The molecule has 1 saturated heterocycles. The van der Waals surface area contributed by atoms with E-state index in [2.05, 4.69) is 10.4 Å². The summed E-state index contributed by atoms with van der Waals surface area (Å²) in [7, 11) is 0. The van der Waals surface area contributed by atoms with Crippen molar-refractivity contribution in [2.45, 2.75) is 19.1 Å². The lowest BCUT2D eigenvalue weighted by Crippen LogP contribution is -2.57. The van der Waals surface area contributed by atoms with Gasteiger partial charge in [-0.2, -0.15) is 5.10 Å². The van der Waals surface area contributed by atoms with Crippen LogP contribution in [0.25, 0.3) is 0 Å². The van der Waals surface area contributed by atoms with Crippen molar-refractivity contribution in [1.29, 1.82) is 0 Å². The summed E-state index contributed by atoms with van der Waals surface area (Å²) < 4.78 is 1.81. The first kappa shape index (κ1) is 12.9. The maximum atomic E-state index is 12.8. The van der Waals surface area contributed by atoms with E-state index in [9.17, 15) is 4.79 Å². The zero-order chi connectivity index (χ0) is 14.6. The second-order valence-electron chi connectivity index (χ2n) is 5.58. The normalized spacial score (nSPS) is 24.1. The number of hydrogen-bond acceptors (Lipinski definition) is 3. The van der Waals surface area contributed by atoms with Crippen LogP contribution in [0.2, 0.25) is 5.02 Å². The van der Waals surface area contributed by atoms with Crippen molar-refractivity contribution >= 4 is 17.5 Å². The monoisotopic (exact) mass is 302 g/mol. The minimum Gasteiger partial charge on any atom is -0.312 e. The van der Waals surface area contributed by atoms with E-state index >= 15 is 0 Å². The highest BCUT2D eigenvalue weighted by Crippen LogP contribution is 2.36. The number of nitrogens with zero attached hydrogens (tertiary/aromatic N) is 3. The van der Waals surface area contributed by atoms with Crippen LogP contribution in [0.1, 0.15) is 21.7 Å². The van der Waals surface area contributed by atoms with Crippen molar-refractivity contribution in [3.8, 4) is 0 Å². The van der Waals surface area contributed by atoms with Crippen molar-refractivity contribution in [3.05, 3.63) is 52.3 Å². The van der Waals surface area contributed by atoms with Gasteiger partial charge >= 0.3 is 0 Å². The van der Waals surface area contributed by atoms with E-state index in [0.717, 1.165) is 17.8 Å². The molecule has 0 bridgehead atoms. The highest BCUT2D eigenvalue weighted by atomic mass is 35.5. The van der Waals surface area contributed by atoms with Crippen molar-refractivity contribution in [1.82, 2.24) is 20.0 Å². The molecule has 0 saturated carbocycles. The average Bonchev–Trinajstić information content (AvgIpc) is 3.04. The molecule has 108 valence electrons. The van der Waals surface area contributed by atoms with Gasteiger partial charge in [-0.05, 0) is 30.7 Å². The summed E-state index contributed by atoms with van der Waals surface area (Å²) >= 11 is 5.99. The van der Waals surface area contributed by atoms with Gasteiger partial charge in [-0.25, -0.2) is 0 Å². The number of hydrogen-bond donors (Lipinski definition) is 1. The van der Waals surface area contributed by atoms with Crippen LogP contribution in [-0.2, 0) is 12.2 Å². The largest absolute Gasteiger partial charge is 0.312 e. The highest BCUT2D eigenvalue weighted by Gasteiger charge is 2.49. The number of carbonyl (C=O) groups is 1. The smallest absolute Gasteiger partial charge is 0.273 e. The van der Waals surface area contributed by atoms with Gasteiger partial charge in [0, 0.05) is 18.1 Å². The van der Waals surface area contributed by atoms with Crippen LogP contribution < -0.4 is 5.32 Å². The van der Waals surface area contributed by atoms with Crippen LogP contribution in [0.5, 0.6) is 0 Å². The van der Waals surface area contributed by atoms with E-state index in [1.54, 1.807) is 4.68 Å². The number of nitrogens with one attached hydrogen (secondary N) is 1. The van der Waals surface area contributed by atoms with Crippen LogP contribution >= 0.6 is 11.6 Å². The third-order valence-electron chi connectivity index (χ3n) is 4.28. The summed E-state index contributed by atoms with van der Waals surface area (Å²) in [5.41, 5.74) is 2.05. The Morgan fingerprint density at radius 1 is 1.33 bits per heavy atom. The van der Waals surface area contributed by atoms with Gasteiger partial charge in [-0.15, -0.1) is 0 Å². The molecule has 1 unspecified atom stereocenters. The van der Waals surface area contributed by atoms with Crippen molar-refractivity contribution in [3.63, 3.8) is 0 Å². The molecule has 2 aliphatic heterocycles. The van der Waals surface area contributed by atoms with Gasteiger partial charge in [0.25, 0.3) is 5.91 Å². The summed E-state index contributed by atoms with van der Waals surface area (Å²) in [6.45, 7) is 4.00. The molecule has 4 rings (SSSR count). The van der Waals surface area contributed by atoms with Crippen molar-refractivity contribution < 1.29 is 4.79 Å². The number of rotatable bonds is 1. The van der Waals surface area contributed by atoms with Gasteiger partial charge < -0.3 is 4.90 Å². The maximum Gasteiger partial charge on any atom is 0.273 e. The molecule has 2 aromatic rings. The number of halogens is 1. The Hall–Kier alpha value is -1.85. The molecule has 1 aromatic heterocycles. The first-order valence-electron chi connectivity index (χ1n) is 6.98. The Kier molecular flexibility index (Phi) is 2.65. The molecule has 1 aromatic carbocycles. The molecular formula is C15H15ClN4O. The summed E-state index contributed by atoms with van der Waals surface area (Å²) in [5.74, 6) is 0.0294. The predicted molar refractivity (Wildman–Crippen MR) is 79.1 cm³/mol. The van der Waals surface area contributed by atoms with Gasteiger partial charge in [-0.3, -0.25) is 14.8 Å². The summed E-state index contributed by atoms with van der Waals surface area (Å²) in [5, 5.41) is 8.63. The molecule has 6 heteroatoms. The number of fused-ring (bicyclic) bond motifs is 2. The minimum atomic E-state index is -0.521. The topological polar surface area (TPSA) is 50.2 Å². The highest BCUT2D eigenvalue weighted by molar-refractivity contribution is 6.30. The number of amides is 1. The summed E-state index contributed by atoms with van der Waals surface area (Å²) in [6, 6.07) is 9.52. The number of benzene rings is 1. The molecule has 1 N–H and O–H groups in total. The van der Waals surface area contributed by atoms with E-state index in [1.165, 1.54) is 0 Å². The van der Waals surface area contributed by atoms with Crippen molar-refractivity contribution in [2.75, 3.05) is 13.1 Å². The van der Waals surface area contributed by atoms with Crippen molar-refractivity contribution in [2.24, 2.45) is 0 Å². The summed E-state index contributed by atoms with van der Waals surface area (Å²) in [4.78, 5) is 14.7. The lowest BCUT2D eigenvalue weighted by molar-refractivity contribution is 0.0376. The van der Waals surface area contributed by atoms with Crippen LogP contribution in [0, 0.1) is 6.92 Å². The van der Waals surface area contributed by atoms with Crippen LogP contribution in [0.3, 0.4) is 0 Å². The van der Waals surface area contributed by atoms with Crippen LogP contribution in [0.15, 0.2) is 30.3 Å². The predicted octanol–water partition coefficient (Wildman–Crippen LogP) is 1.76. The fourth-order valence-electron chi connectivity index (χ4n) is 3.34. The lowest BCUT2D eigenvalue weighted by atomic mass is 9.96. The van der Waals surface area contributed by atoms with Crippen LogP contribution in [0.4, 0.5) is 0 Å². The zero-order valence-corrected chi connectivity index (χ0v) is 12.4. The van der Waals surface area contributed by atoms with E-state index in [1.807, 2.05) is 42.2 Å². The molecule has 1 fully saturated rings. The second-order valence-corrected chi connectivity index (χ2v) is 6.02. The van der Waals surface area contributed by atoms with Gasteiger partial charge in [0.2, 0.25) is 0 Å². The number of aryl methyl sites for hydroxylation is 1. The molecular weight excluding hydrogens is 288 g/mol. The first-order valence-corrected chi connectivity index (χ1v) is 7.35. The maximum absolute atomic E-state index is 12.8. The second kappa shape index (κ2) is 4.32. The quantitative estimate of drug-likeness (QED) is 0.873. The van der Waals surface area contributed by atoms with E-state index in [0.29, 0.717) is 23.8 Å². The molecule has 2 aliphatic rings. The fourth-order valence-corrected chi connectivity index (χ4v) is 3.47. The Labute approximate surface area is 127 Å². The third-order valence-corrected chi connectivity index (χ3v) is 4.53. The summed E-state index contributed by atoms with van der Waals surface area (Å²) in [6.07, 6.45) is 0. The minimum absolute atomic E-state index is 0.0294. The SMILES string of the molecule is Cc1cc2n(n1)CC1(c3ccc(Cl)cc3)NCCN1C2=O. The van der Waals surface area contributed by atoms with Gasteiger partial charge in [-0.1, -0.05) is 23.7 Å². The fraction of sp³-hybridized carbons (Fsp3) is 0.333. The Bertz CT molecular complexity index is 724. The van der Waals surface area contributed by atoms with Crippen LogP contribution in [-0.4, -0.2) is 33.7 Å². The van der Waals surface area contributed by atoms with E-state index in [-0.39, 0.29) is 5.91 Å². The third kappa shape index (κ3) is 1.74. The number of aromatic nitrogens is 2. The molecule has 0 spiro atoms. The number of carbonyl (C=O) groups excluding carboxylic acids is 1. The van der Waals surface area contributed by atoms with Gasteiger partial charge in [0.1, 0.15) is 11.4 Å². The lowest BCUT2D eigenvalue weighted by Gasteiger charge is -2.42. The van der Waals surface area contributed by atoms with E-state index in [4.69, 9.17) is 11.6 Å². The molecule has 3 heterocycles. The molecule has 1 amide bonds. The average molecular weight is 303 g/mol. The standard InChI is InChI=1S/C15H15ClN4O/c1-10-8-13-14(21)19-7-6-17-15(19,9-20(13)18-10)11-2-4-12(16)5-3-11/h2-5,8,17H,6-7,9H2,1H3. The Morgan fingerprint density at radius 2 is 2.10 bits per heavy atom. The van der Waals surface area contributed by atoms with Gasteiger partial charge in [0.15, 0.2) is 0 Å². The first-order chi connectivity index (χ1) is 10.1. The molecule has 21 heavy (non-hydrogen) atoms. The Morgan fingerprint density at radius 3 is 2.86 bits per heavy atom. The van der Waals surface area contributed by atoms with Gasteiger partial charge in [0.05, 0.1) is 12.2 Å². The molecule has 0 aliphatic carbocycles. The molecule has 1 atom stereocenters. The zero-order valence-electron chi connectivity index (χ0n) is 11.6. The van der Waals surface area contributed by atoms with E-state index < -0.39 is 5.66 Å².